The average molecular weight is 436 g/mol. The second-order valence-corrected chi connectivity index (χ2v) is 10.8. The number of benzene rings is 2. The summed E-state index contributed by atoms with van der Waals surface area (Å²) in [6, 6.07) is 15.9. The maximum atomic E-state index is 12.8. The average Bonchev–Trinajstić information content (AvgIpc) is 3.15. The number of nitrogens with one attached hydrogen (secondary N) is 1. The third-order valence-electron chi connectivity index (χ3n) is 4.68. The van der Waals surface area contributed by atoms with Crippen LogP contribution in [0.1, 0.15) is 43.9 Å². The van der Waals surface area contributed by atoms with Gasteiger partial charge in [0.2, 0.25) is 20.0 Å². The Morgan fingerprint density at radius 1 is 1.00 bits per heavy atom. The molecule has 7 nitrogen and oxygen atoms in total. The number of hydrogen-bond acceptors (Lipinski definition) is 5. The van der Waals surface area contributed by atoms with E-state index in [1.807, 2.05) is 37.3 Å². The van der Waals surface area contributed by atoms with E-state index in [4.69, 9.17) is 0 Å². The molecule has 0 saturated carbocycles. The van der Waals surface area contributed by atoms with Crippen LogP contribution in [0.25, 0.3) is 0 Å². The molecule has 0 radical (unpaired) electrons. The van der Waals surface area contributed by atoms with E-state index in [-0.39, 0.29) is 17.5 Å². The van der Waals surface area contributed by atoms with Gasteiger partial charge in [0.1, 0.15) is 0 Å². The van der Waals surface area contributed by atoms with Gasteiger partial charge in [0, 0.05) is 12.1 Å². The fourth-order valence-electron chi connectivity index (χ4n) is 3.18. The lowest BCUT2D eigenvalue weighted by molar-refractivity contribution is 0.371. The summed E-state index contributed by atoms with van der Waals surface area (Å²) >= 11 is 0. The van der Waals surface area contributed by atoms with Crippen LogP contribution in [0.3, 0.4) is 0 Å². The number of rotatable bonds is 8. The van der Waals surface area contributed by atoms with Crippen molar-refractivity contribution in [1.29, 1.82) is 0 Å². The first kappa shape index (κ1) is 21.3. The summed E-state index contributed by atoms with van der Waals surface area (Å²) < 4.78 is 52.7. The standard InChI is InChI=1S/C20H25N3O4S2/c1-3-14-29(26,27)23-20(17-8-6-5-7-9-17)15-19(21-23)16-10-12-18(13-11-16)22-28(24,25)4-2/h5-13,20,22H,3-4,14-15H2,1-2H3/t20-/m0/s1. The van der Waals surface area contributed by atoms with Gasteiger partial charge in [0.25, 0.3) is 0 Å². The summed E-state index contributed by atoms with van der Waals surface area (Å²) in [4.78, 5) is 0. The second kappa shape index (κ2) is 8.54. The van der Waals surface area contributed by atoms with Crippen LogP contribution in [0.15, 0.2) is 59.7 Å². The van der Waals surface area contributed by atoms with Gasteiger partial charge in [-0.2, -0.15) is 9.52 Å². The Balaban J connectivity index is 1.91. The molecule has 1 N–H and O–H groups in total. The van der Waals surface area contributed by atoms with Crippen LogP contribution in [0.4, 0.5) is 5.69 Å². The second-order valence-electron chi connectivity index (χ2n) is 6.85. The summed E-state index contributed by atoms with van der Waals surface area (Å²) in [7, 11) is -6.88. The number of anilines is 1. The van der Waals surface area contributed by atoms with Gasteiger partial charge in [0.15, 0.2) is 0 Å². The first-order chi connectivity index (χ1) is 13.8. The van der Waals surface area contributed by atoms with E-state index in [2.05, 4.69) is 9.82 Å². The van der Waals surface area contributed by atoms with E-state index in [1.54, 1.807) is 31.2 Å². The molecule has 0 saturated heterocycles. The molecule has 0 amide bonds. The molecule has 0 fully saturated rings. The molecule has 1 aliphatic heterocycles. The van der Waals surface area contributed by atoms with E-state index in [0.717, 1.165) is 11.1 Å². The van der Waals surface area contributed by atoms with E-state index in [1.165, 1.54) is 4.41 Å². The molecular weight excluding hydrogens is 410 g/mol. The van der Waals surface area contributed by atoms with Gasteiger partial charge < -0.3 is 0 Å². The molecule has 0 aromatic heterocycles. The third-order valence-corrected chi connectivity index (χ3v) is 7.81. The van der Waals surface area contributed by atoms with Crippen molar-refractivity contribution in [1.82, 2.24) is 4.41 Å². The SMILES string of the molecule is CCCS(=O)(=O)N1N=C(c2ccc(NS(=O)(=O)CC)cc2)C[C@H]1c1ccccc1. The van der Waals surface area contributed by atoms with Gasteiger partial charge in [-0.1, -0.05) is 49.4 Å². The van der Waals surface area contributed by atoms with Crippen molar-refractivity contribution in [2.45, 2.75) is 32.7 Å². The Bertz CT molecular complexity index is 1080. The Hall–Kier alpha value is -2.39. The number of hydrogen-bond donors (Lipinski definition) is 1. The van der Waals surface area contributed by atoms with Gasteiger partial charge in [-0.05, 0) is 36.6 Å². The Labute approximate surface area is 172 Å². The molecular formula is C20H25N3O4S2. The quantitative estimate of drug-likeness (QED) is 0.688. The van der Waals surface area contributed by atoms with Crippen LogP contribution in [-0.2, 0) is 20.0 Å². The fourth-order valence-corrected chi connectivity index (χ4v) is 5.33. The minimum Gasteiger partial charge on any atom is -0.284 e. The maximum Gasteiger partial charge on any atom is 0.250 e. The van der Waals surface area contributed by atoms with Crippen molar-refractivity contribution in [3.63, 3.8) is 0 Å². The highest BCUT2D eigenvalue weighted by molar-refractivity contribution is 7.92. The smallest absolute Gasteiger partial charge is 0.250 e. The predicted octanol–water partition coefficient (Wildman–Crippen LogP) is 3.34. The molecule has 1 atom stereocenters. The minimum atomic E-state index is -3.53. The van der Waals surface area contributed by atoms with E-state index >= 15 is 0 Å². The lowest BCUT2D eigenvalue weighted by Gasteiger charge is -2.23. The van der Waals surface area contributed by atoms with Crippen molar-refractivity contribution in [3.05, 3.63) is 65.7 Å². The number of sulfonamides is 2. The predicted molar refractivity (Wildman–Crippen MR) is 116 cm³/mol. The van der Waals surface area contributed by atoms with Crippen LogP contribution in [0, 0.1) is 0 Å². The van der Waals surface area contributed by atoms with Crippen LogP contribution in [0.5, 0.6) is 0 Å². The molecule has 2 aromatic rings. The molecule has 1 aliphatic rings. The van der Waals surface area contributed by atoms with Crippen molar-refractivity contribution < 1.29 is 16.8 Å². The van der Waals surface area contributed by atoms with Gasteiger partial charge >= 0.3 is 0 Å². The monoisotopic (exact) mass is 435 g/mol. The summed E-state index contributed by atoms with van der Waals surface area (Å²) in [5.41, 5.74) is 2.77. The maximum absolute atomic E-state index is 12.8. The normalized spacial score (nSPS) is 17.2. The van der Waals surface area contributed by atoms with Gasteiger partial charge in [-0.3, -0.25) is 4.72 Å². The van der Waals surface area contributed by atoms with Crippen molar-refractivity contribution in [2.24, 2.45) is 5.10 Å². The van der Waals surface area contributed by atoms with E-state index in [9.17, 15) is 16.8 Å². The third kappa shape index (κ3) is 4.97. The first-order valence-corrected chi connectivity index (χ1v) is 12.8. The highest BCUT2D eigenvalue weighted by Gasteiger charge is 2.36. The van der Waals surface area contributed by atoms with Crippen LogP contribution in [0.2, 0.25) is 0 Å². The molecule has 1 heterocycles. The number of hydrazone groups is 1. The van der Waals surface area contributed by atoms with Gasteiger partial charge in [0.05, 0.1) is 23.3 Å². The zero-order chi connectivity index (χ0) is 21.1. The van der Waals surface area contributed by atoms with Crippen molar-refractivity contribution in [2.75, 3.05) is 16.2 Å². The summed E-state index contributed by atoms with van der Waals surface area (Å²) in [5, 5.41) is 4.45. The molecule has 0 aliphatic carbocycles. The van der Waals surface area contributed by atoms with Crippen LogP contribution < -0.4 is 4.72 Å². The van der Waals surface area contributed by atoms with Crippen molar-refractivity contribution in [3.8, 4) is 0 Å². The summed E-state index contributed by atoms with van der Waals surface area (Å²) in [5.74, 6) is 0.0231. The molecule has 3 rings (SSSR count). The summed E-state index contributed by atoms with van der Waals surface area (Å²) in [6.45, 7) is 3.39. The lowest BCUT2D eigenvalue weighted by Crippen LogP contribution is -2.29. The van der Waals surface area contributed by atoms with E-state index in [0.29, 0.717) is 24.2 Å². The largest absolute Gasteiger partial charge is 0.284 e. The number of nitrogens with zero attached hydrogens (tertiary/aromatic N) is 2. The zero-order valence-electron chi connectivity index (χ0n) is 16.4. The molecule has 2 aromatic carbocycles. The molecule has 9 heteroatoms. The molecule has 29 heavy (non-hydrogen) atoms. The highest BCUT2D eigenvalue weighted by atomic mass is 32.2. The van der Waals surface area contributed by atoms with Crippen LogP contribution in [-0.4, -0.2) is 38.5 Å². The van der Waals surface area contributed by atoms with E-state index < -0.39 is 20.0 Å². The molecule has 0 unspecified atom stereocenters. The van der Waals surface area contributed by atoms with Gasteiger partial charge in [-0.15, -0.1) is 0 Å². The molecule has 156 valence electrons. The van der Waals surface area contributed by atoms with Crippen molar-refractivity contribution >= 4 is 31.4 Å². The molecule has 0 bridgehead atoms. The molecule has 0 spiro atoms. The Kier molecular flexibility index (Phi) is 6.28. The minimum absolute atomic E-state index is 0.00946. The Morgan fingerprint density at radius 2 is 1.66 bits per heavy atom. The van der Waals surface area contributed by atoms with Gasteiger partial charge in [-0.25, -0.2) is 16.8 Å². The zero-order valence-corrected chi connectivity index (χ0v) is 18.1. The Morgan fingerprint density at radius 3 is 2.24 bits per heavy atom. The summed E-state index contributed by atoms with van der Waals surface area (Å²) in [6.07, 6.45) is 0.963. The highest BCUT2D eigenvalue weighted by Crippen LogP contribution is 2.35. The fraction of sp³-hybridized carbons (Fsp3) is 0.350. The first-order valence-electron chi connectivity index (χ1n) is 9.51. The lowest BCUT2D eigenvalue weighted by atomic mass is 9.99. The van der Waals surface area contributed by atoms with Crippen LogP contribution >= 0.6 is 0 Å². The topological polar surface area (TPSA) is 95.9 Å².